The molecule has 0 saturated carbocycles. The molecule has 1 atom stereocenters. The normalized spacial score (nSPS) is 17.5. The van der Waals surface area contributed by atoms with Crippen LogP contribution in [0.25, 0.3) is 0 Å². The SMILES string of the molecule is CCNC1CCCc2c(OCc3cnn(C)c3)cccc21. The molecule has 1 aromatic heterocycles. The standard InChI is InChI=1S/C17H23N3O/c1-3-18-16-8-4-7-15-14(16)6-5-9-17(15)21-12-13-10-19-20(2)11-13/h5-6,9-11,16,18H,3-4,7-8,12H2,1-2H3. The van der Waals surface area contributed by atoms with E-state index >= 15 is 0 Å². The maximum atomic E-state index is 6.05. The molecule has 1 aliphatic rings. The van der Waals surface area contributed by atoms with Gasteiger partial charge in [0.1, 0.15) is 12.4 Å². The van der Waals surface area contributed by atoms with Gasteiger partial charge in [-0.15, -0.1) is 0 Å². The number of hydrogen-bond acceptors (Lipinski definition) is 3. The first kappa shape index (κ1) is 14.1. The zero-order chi connectivity index (χ0) is 14.7. The molecular formula is C17H23N3O. The molecule has 1 aromatic carbocycles. The highest BCUT2D eigenvalue weighted by molar-refractivity contribution is 5.43. The van der Waals surface area contributed by atoms with E-state index in [4.69, 9.17) is 4.74 Å². The molecule has 0 aliphatic heterocycles. The molecule has 0 radical (unpaired) electrons. The maximum absolute atomic E-state index is 6.05. The van der Waals surface area contributed by atoms with E-state index in [1.54, 1.807) is 4.68 Å². The van der Waals surface area contributed by atoms with Crippen LogP contribution in [0, 0.1) is 0 Å². The van der Waals surface area contributed by atoms with E-state index in [1.807, 2.05) is 19.4 Å². The molecule has 21 heavy (non-hydrogen) atoms. The number of rotatable bonds is 5. The van der Waals surface area contributed by atoms with Gasteiger partial charge in [0, 0.05) is 24.8 Å². The van der Waals surface area contributed by atoms with Crippen LogP contribution in [0.5, 0.6) is 5.75 Å². The molecule has 0 saturated heterocycles. The van der Waals surface area contributed by atoms with Gasteiger partial charge in [0.05, 0.1) is 6.20 Å². The summed E-state index contributed by atoms with van der Waals surface area (Å²) >= 11 is 0. The van der Waals surface area contributed by atoms with Gasteiger partial charge in [-0.3, -0.25) is 4.68 Å². The third-order valence-corrected chi connectivity index (χ3v) is 4.07. The molecular weight excluding hydrogens is 262 g/mol. The van der Waals surface area contributed by atoms with Crippen molar-refractivity contribution in [1.82, 2.24) is 15.1 Å². The largest absolute Gasteiger partial charge is 0.488 e. The summed E-state index contributed by atoms with van der Waals surface area (Å²) in [5.74, 6) is 1.03. The number of benzene rings is 1. The Morgan fingerprint density at radius 2 is 2.33 bits per heavy atom. The van der Waals surface area contributed by atoms with E-state index < -0.39 is 0 Å². The second kappa shape index (κ2) is 6.31. The summed E-state index contributed by atoms with van der Waals surface area (Å²) < 4.78 is 7.86. The number of nitrogens with zero attached hydrogens (tertiary/aromatic N) is 2. The molecule has 1 N–H and O–H groups in total. The highest BCUT2D eigenvalue weighted by Gasteiger charge is 2.22. The van der Waals surface area contributed by atoms with Crippen LogP contribution in [-0.4, -0.2) is 16.3 Å². The summed E-state index contributed by atoms with van der Waals surface area (Å²) in [5, 5.41) is 7.76. The molecule has 0 bridgehead atoms. The average molecular weight is 285 g/mol. The Morgan fingerprint density at radius 3 is 3.10 bits per heavy atom. The van der Waals surface area contributed by atoms with Crippen LogP contribution in [0.4, 0.5) is 0 Å². The lowest BCUT2D eigenvalue weighted by Crippen LogP contribution is -2.25. The summed E-state index contributed by atoms with van der Waals surface area (Å²) in [7, 11) is 1.93. The molecule has 1 unspecified atom stereocenters. The van der Waals surface area contributed by atoms with E-state index in [1.165, 1.54) is 24.0 Å². The molecule has 2 aromatic rings. The van der Waals surface area contributed by atoms with Gasteiger partial charge >= 0.3 is 0 Å². The lowest BCUT2D eigenvalue weighted by molar-refractivity contribution is 0.299. The Hall–Kier alpha value is -1.81. The molecule has 0 fully saturated rings. The van der Waals surface area contributed by atoms with E-state index in [2.05, 4.69) is 35.5 Å². The minimum absolute atomic E-state index is 0.473. The smallest absolute Gasteiger partial charge is 0.123 e. The Balaban J connectivity index is 1.78. The van der Waals surface area contributed by atoms with Crippen molar-refractivity contribution >= 4 is 0 Å². The summed E-state index contributed by atoms with van der Waals surface area (Å²) in [6.07, 6.45) is 7.40. The number of aromatic nitrogens is 2. The molecule has 3 rings (SSSR count). The summed E-state index contributed by atoms with van der Waals surface area (Å²) in [6, 6.07) is 6.90. The van der Waals surface area contributed by atoms with Crippen molar-refractivity contribution in [3.05, 3.63) is 47.3 Å². The van der Waals surface area contributed by atoms with Crippen LogP contribution < -0.4 is 10.1 Å². The molecule has 0 amide bonds. The molecule has 0 spiro atoms. The van der Waals surface area contributed by atoms with E-state index in [9.17, 15) is 0 Å². The van der Waals surface area contributed by atoms with Crippen molar-refractivity contribution in [2.75, 3.05) is 6.54 Å². The van der Waals surface area contributed by atoms with Crippen molar-refractivity contribution < 1.29 is 4.74 Å². The average Bonchev–Trinajstić information content (AvgIpc) is 2.91. The topological polar surface area (TPSA) is 39.1 Å². The zero-order valence-corrected chi connectivity index (χ0v) is 12.8. The second-order valence-corrected chi connectivity index (χ2v) is 5.64. The Morgan fingerprint density at radius 1 is 1.43 bits per heavy atom. The zero-order valence-electron chi connectivity index (χ0n) is 12.8. The second-order valence-electron chi connectivity index (χ2n) is 5.64. The predicted molar refractivity (Wildman–Crippen MR) is 83.3 cm³/mol. The van der Waals surface area contributed by atoms with E-state index in [-0.39, 0.29) is 0 Å². The van der Waals surface area contributed by atoms with Crippen LogP contribution in [-0.2, 0) is 20.1 Å². The van der Waals surface area contributed by atoms with Gasteiger partial charge in [0.25, 0.3) is 0 Å². The van der Waals surface area contributed by atoms with Crippen LogP contribution in [0.3, 0.4) is 0 Å². The van der Waals surface area contributed by atoms with Crippen LogP contribution in [0.1, 0.15) is 42.5 Å². The molecule has 1 aliphatic carbocycles. The Bertz CT molecular complexity index is 606. The number of nitrogens with one attached hydrogen (secondary N) is 1. The molecule has 4 heteroatoms. The lowest BCUT2D eigenvalue weighted by atomic mass is 9.87. The van der Waals surface area contributed by atoms with E-state index in [0.29, 0.717) is 12.6 Å². The van der Waals surface area contributed by atoms with Crippen molar-refractivity contribution in [3.63, 3.8) is 0 Å². The first-order valence-electron chi connectivity index (χ1n) is 7.73. The lowest BCUT2D eigenvalue weighted by Gasteiger charge is -2.27. The van der Waals surface area contributed by atoms with Crippen LogP contribution in [0.2, 0.25) is 0 Å². The van der Waals surface area contributed by atoms with Crippen LogP contribution >= 0.6 is 0 Å². The summed E-state index contributed by atoms with van der Waals surface area (Å²) in [4.78, 5) is 0. The Kier molecular flexibility index (Phi) is 4.25. The van der Waals surface area contributed by atoms with Gasteiger partial charge in [-0.25, -0.2) is 0 Å². The monoisotopic (exact) mass is 285 g/mol. The third kappa shape index (κ3) is 3.10. The van der Waals surface area contributed by atoms with Crippen LogP contribution in [0.15, 0.2) is 30.6 Å². The van der Waals surface area contributed by atoms with Gasteiger partial charge in [0.2, 0.25) is 0 Å². The van der Waals surface area contributed by atoms with Gasteiger partial charge in [-0.1, -0.05) is 19.1 Å². The maximum Gasteiger partial charge on any atom is 0.123 e. The molecule has 112 valence electrons. The third-order valence-electron chi connectivity index (χ3n) is 4.07. The first-order chi connectivity index (χ1) is 10.3. The number of aryl methyl sites for hydroxylation is 1. The van der Waals surface area contributed by atoms with Crippen molar-refractivity contribution in [2.45, 2.75) is 38.8 Å². The van der Waals surface area contributed by atoms with Crippen molar-refractivity contribution in [1.29, 1.82) is 0 Å². The fourth-order valence-corrected chi connectivity index (χ4v) is 3.12. The quantitative estimate of drug-likeness (QED) is 0.918. The number of ether oxygens (including phenoxy) is 1. The summed E-state index contributed by atoms with van der Waals surface area (Å²) in [6.45, 7) is 3.75. The first-order valence-corrected chi connectivity index (χ1v) is 7.73. The highest BCUT2D eigenvalue weighted by atomic mass is 16.5. The fraction of sp³-hybridized carbons (Fsp3) is 0.471. The number of hydrogen-bond donors (Lipinski definition) is 1. The highest BCUT2D eigenvalue weighted by Crippen LogP contribution is 2.35. The molecule has 1 heterocycles. The fourth-order valence-electron chi connectivity index (χ4n) is 3.12. The Labute approximate surface area is 126 Å². The predicted octanol–water partition coefficient (Wildman–Crippen LogP) is 2.99. The van der Waals surface area contributed by atoms with Crippen molar-refractivity contribution in [3.8, 4) is 5.75 Å². The van der Waals surface area contributed by atoms with Gasteiger partial charge in [0.15, 0.2) is 0 Å². The van der Waals surface area contributed by atoms with Gasteiger partial charge in [-0.2, -0.15) is 5.10 Å². The summed E-state index contributed by atoms with van der Waals surface area (Å²) in [5.41, 5.74) is 3.89. The van der Waals surface area contributed by atoms with Gasteiger partial charge in [-0.05, 0) is 43.0 Å². The van der Waals surface area contributed by atoms with E-state index in [0.717, 1.165) is 24.3 Å². The van der Waals surface area contributed by atoms with Crippen molar-refractivity contribution in [2.24, 2.45) is 7.05 Å². The minimum Gasteiger partial charge on any atom is -0.488 e. The number of fused-ring (bicyclic) bond motifs is 1. The minimum atomic E-state index is 0.473. The molecule has 4 nitrogen and oxygen atoms in total. The van der Waals surface area contributed by atoms with Gasteiger partial charge < -0.3 is 10.1 Å².